The van der Waals surface area contributed by atoms with E-state index in [2.05, 4.69) is 12.2 Å². The Bertz CT molecular complexity index is 348. The minimum absolute atomic E-state index is 0.134. The summed E-state index contributed by atoms with van der Waals surface area (Å²) in [5.74, 6) is 1.17. The van der Waals surface area contributed by atoms with Gasteiger partial charge in [0.2, 0.25) is 0 Å². The molecular formula is C16H30N2O3. The van der Waals surface area contributed by atoms with Gasteiger partial charge in [0.25, 0.3) is 0 Å². The molecule has 5 nitrogen and oxygen atoms in total. The second-order valence-corrected chi connectivity index (χ2v) is 7.28. The van der Waals surface area contributed by atoms with Crippen LogP contribution in [0.3, 0.4) is 0 Å². The van der Waals surface area contributed by atoms with E-state index in [0.29, 0.717) is 31.5 Å². The first-order valence-corrected chi connectivity index (χ1v) is 8.17. The predicted molar refractivity (Wildman–Crippen MR) is 82.3 cm³/mol. The molecule has 1 N–H and O–H groups in total. The van der Waals surface area contributed by atoms with Gasteiger partial charge in [-0.15, -0.1) is 0 Å². The van der Waals surface area contributed by atoms with E-state index >= 15 is 0 Å². The van der Waals surface area contributed by atoms with Gasteiger partial charge < -0.3 is 19.7 Å². The molecule has 0 aliphatic carbocycles. The minimum atomic E-state index is -0.439. The summed E-state index contributed by atoms with van der Waals surface area (Å²) in [4.78, 5) is 14.0. The van der Waals surface area contributed by atoms with E-state index in [-0.39, 0.29) is 12.2 Å². The molecule has 1 amide bonds. The van der Waals surface area contributed by atoms with Crippen molar-refractivity contribution in [3.05, 3.63) is 0 Å². The fourth-order valence-electron chi connectivity index (χ4n) is 3.16. The Morgan fingerprint density at radius 2 is 2.00 bits per heavy atom. The fourth-order valence-corrected chi connectivity index (χ4v) is 3.16. The molecule has 2 aliphatic heterocycles. The van der Waals surface area contributed by atoms with Crippen molar-refractivity contribution in [3.63, 3.8) is 0 Å². The first-order chi connectivity index (χ1) is 9.87. The average molecular weight is 298 g/mol. The molecule has 0 aromatic heterocycles. The monoisotopic (exact) mass is 298 g/mol. The third kappa shape index (κ3) is 4.85. The zero-order valence-corrected chi connectivity index (χ0v) is 13.9. The molecule has 2 heterocycles. The van der Waals surface area contributed by atoms with E-state index in [9.17, 15) is 4.79 Å². The van der Waals surface area contributed by atoms with Crippen LogP contribution in [0.2, 0.25) is 0 Å². The normalized spacial score (nSPS) is 26.5. The van der Waals surface area contributed by atoms with Crippen molar-refractivity contribution in [1.82, 2.24) is 10.2 Å². The highest BCUT2D eigenvalue weighted by Crippen LogP contribution is 2.28. The minimum Gasteiger partial charge on any atom is -0.444 e. The number of nitrogens with one attached hydrogen (secondary N) is 1. The van der Waals surface area contributed by atoms with Crippen molar-refractivity contribution in [3.8, 4) is 0 Å². The van der Waals surface area contributed by atoms with Crippen LogP contribution in [0.4, 0.5) is 4.79 Å². The zero-order valence-electron chi connectivity index (χ0n) is 13.9. The van der Waals surface area contributed by atoms with E-state index < -0.39 is 5.60 Å². The first kappa shape index (κ1) is 16.6. The number of carbonyl (C=O) groups excluding carboxylic acids is 1. The number of morpholine rings is 1. The van der Waals surface area contributed by atoms with Crippen molar-refractivity contribution in [2.45, 2.75) is 52.2 Å². The molecule has 2 rings (SSSR count). The second kappa shape index (κ2) is 6.97. The van der Waals surface area contributed by atoms with Crippen LogP contribution in [-0.2, 0) is 9.47 Å². The van der Waals surface area contributed by atoms with Crippen molar-refractivity contribution in [2.75, 3.05) is 32.8 Å². The van der Waals surface area contributed by atoms with Gasteiger partial charge in [0, 0.05) is 6.54 Å². The Hall–Kier alpha value is -0.810. The van der Waals surface area contributed by atoms with E-state index in [0.717, 1.165) is 13.1 Å². The molecule has 0 aromatic carbocycles. The molecule has 5 heteroatoms. The summed E-state index contributed by atoms with van der Waals surface area (Å²) in [7, 11) is 0. The lowest BCUT2D eigenvalue weighted by Gasteiger charge is -2.40. The van der Waals surface area contributed by atoms with Gasteiger partial charge in [-0.1, -0.05) is 6.92 Å². The maximum atomic E-state index is 12.2. The quantitative estimate of drug-likeness (QED) is 0.849. The SMILES string of the molecule is CC(C1CCNCC1)C1CN(C(=O)OC(C)(C)C)CCO1. The zero-order chi connectivity index (χ0) is 15.5. The molecule has 2 unspecified atom stereocenters. The first-order valence-electron chi connectivity index (χ1n) is 8.17. The number of carbonyl (C=O) groups is 1. The number of rotatable bonds is 2. The molecule has 0 aromatic rings. The number of ether oxygens (including phenoxy) is 2. The molecule has 122 valence electrons. The molecule has 21 heavy (non-hydrogen) atoms. The summed E-state index contributed by atoms with van der Waals surface area (Å²) >= 11 is 0. The van der Waals surface area contributed by atoms with Crippen molar-refractivity contribution in [2.24, 2.45) is 11.8 Å². The standard InChI is InChI=1S/C16H30N2O3/c1-12(13-5-7-17-8-6-13)14-11-18(9-10-20-14)15(19)21-16(2,3)4/h12-14,17H,5-11H2,1-4H3. The Morgan fingerprint density at radius 1 is 1.33 bits per heavy atom. The smallest absolute Gasteiger partial charge is 0.410 e. The molecule has 0 spiro atoms. The van der Waals surface area contributed by atoms with E-state index in [1.54, 1.807) is 4.90 Å². The number of hydrogen-bond donors (Lipinski definition) is 1. The fraction of sp³-hybridized carbons (Fsp3) is 0.938. The van der Waals surface area contributed by atoms with Gasteiger partial charge in [-0.3, -0.25) is 0 Å². The summed E-state index contributed by atoms with van der Waals surface area (Å²) in [6.45, 7) is 12.1. The van der Waals surface area contributed by atoms with E-state index in [4.69, 9.17) is 9.47 Å². The van der Waals surface area contributed by atoms with Crippen LogP contribution < -0.4 is 5.32 Å². The van der Waals surface area contributed by atoms with Crippen LogP contribution in [0.25, 0.3) is 0 Å². The van der Waals surface area contributed by atoms with E-state index in [1.807, 2.05) is 20.8 Å². The van der Waals surface area contributed by atoms with Crippen LogP contribution in [0.1, 0.15) is 40.5 Å². The van der Waals surface area contributed by atoms with Crippen molar-refractivity contribution >= 4 is 6.09 Å². The third-order valence-corrected chi connectivity index (χ3v) is 4.46. The highest BCUT2D eigenvalue weighted by molar-refractivity contribution is 5.68. The van der Waals surface area contributed by atoms with Crippen molar-refractivity contribution < 1.29 is 14.3 Å². The molecule has 0 radical (unpaired) electrons. The van der Waals surface area contributed by atoms with E-state index in [1.165, 1.54) is 12.8 Å². The maximum Gasteiger partial charge on any atom is 0.410 e. The Balaban J connectivity index is 1.89. The number of piperidine rings is 1. The predicted octanol–water partition coefficient (Wildman–Crippen LogP) is 2.26. The topological polar surface area (TPSA) is 50.8 Å². The second-order valence-electron chi connectivity index (χ2n) is 7.28. The summed E-state index contributed by atoms with van der Waals surface area (Å²) < 4.78 is 11.4. The molecule has 2 aliphatic rings. The summed E-state index contributed by atoms with van der Waals surface area (Å²) in [6, 6.07) is 0. The lowest BCUT2D eigenvalue weighted by Crippen LogP contribution is -2.50. The van der Waals surface area contributed by atoms with Gasteiger partial charge in [0.05, 0.1) is 19.3 Å². The van der Waals surface area contributed by atoms with Gasteiger partial charge >= 0.3 is 6.09 Å². The largest absolute Gasteiger partial charge is 0.444 e. The highest BCUT2D eigenvalue weighted by Gasteiger charge is 2.34. The summed E-state index contributed by atoms with van der Waals surface area (Å²) in [6.07, 6.45) is 2.32. The van der Waals surface area contributed by atoms with Crippen LogP contribution >= 0.6 is 0 Å². The molecule has 2 saturated heterocycles. The van der Waals surface area contributed by atoms with Crippen LogP contribution in [0, 0.1) is 11.8 Å². The van der Waals surface area contributed by atoms with Crippen LogP contribution in [0.5, 0.6) is 0 Å². The lowest BCUT2D eigenvalue weighted by molar-refractivity contribution is -0.0723. The Kier molecular flexibility index (Phi) is 5.49. The van der Waals surface area contributed by atoms with Crippen molar-refractivity contribution in [1.29, 1.82) is 0 Å². The highest BCUT2D eigenvalue weighted by atomic mass is 16.6. The molecular weight excluding hydrogens is 268 g/mol. The summed E-state index contributed by atoms with van der Waals surface area (Å²) in [5, 5.41) is 3.40. The van der Waals surface area contributed by atoms with Gasteiger partial charge in [0.1, 0.15) is 5.60 Å². The lowest BCUT2D eigenvalue weighted by atomic mass is 9.82. The van der Waals surface area contributed by atoms with Gasteiger partial charge in [0.15, 0.2) is 0 Å². The Morgan fingerprint density at radius 3 is 2.62 bits per heavy atom. The molecule has 2 atom stereocenters. The van der Waals surface area contributed by atoms with Gasteiger partial charge in [-0.2, -0.15) is 0 Å². The maximum absolute atomic E-state index is 12.2. The molecule has 0 saturated carbocycles. The van der Waals surface area contributed by atoms with Crippen LogP contribution in [0.15, 0.2) is 0 Å². The number of amides is 1. The third-order valence-electron chi connectivity index (χ3n) is 4.46. The molecule has 0 bridgehead atoms. The van der Waals surface area contributed by atoms with Gasteiger partial charge in [-0.05, 0) is 58.5 Å². The Labute approximate surface area is 128 Å². The number of nitrogens with zero attached hydrogens (tertiary/aromatic N) is 1. The number of hydrogen-bond acceptors (Lipinski definition) is 4. The van der Waals surface area contributed by atoms with Gasteiger partial charge in [-0.25, -0.2) is 4.79 Å². The average Bonchev–Trinajstić information content (AvgIpc) is 2.46. The van der Waals surface area contributed by atoms with Crippen LogP contribution in [-0.4, -0.2) is 55.5 Å². The molecule has 2 fully saturated rings. The summed E-state index contributed by atoms with van der Waals surface area (Å²) in [5.41, 5.74) is -0.439.